The van der Waals surface area contributed by atoms with Crippen LogP contribution in [-0.2, 0) is 4.79 Å². The van der Waals surface area contributed by atoms with Gasteiger partial charge in [0.05, 0.1) is 11.7 Å². The minimum atomic E-state index is 0.00769. The first-order valence-electron chi connectivity index (χ1n) is 8.40. The summed E-state index contributed by atoms with van der Waals surface area (Å²) in [5.74, 6) is 0.00769. The van der Waals surface area contributed by atoms with E-state index in [9.17, 15) is 4.79 Å². The largest absolute Gasteiger partial charge is 0.332 e. The lowest BCUT2D eigenvalue weighted by Crippen LogP contribution is -2.28. The van der Waals surface area contributed by atoms with Crippen LogP contribution in [0.4, 0.5) is 0 Å². The monoisotopic (exact) mass is 351 g/mol. The Labute approximate surface area is 151 Å². The lowest BCUT2D eigenvalue weighted by atomic mass is 10.0. The SMILES string of the molecule is O=C(/C=C/c1c(Cl)nc2ccccn12)N1CCCC1c1ccccc1. The van der Waals surface area contributed by atoms with Gasteiger partial charge in [0.15, 0.2) is 5.15 Å². The summed E-state index contributed by atoms with van der Waals surface area (Å²) in [6.07, 6.45) is 7.27. The van der Waals surface area contributed by atoms with Gasteiger partial charge in [-0.25, -0.2) is 4.98 Å². The molecule has 3 heterocycles. The predicted molar refractivity (Wildman–Crippen MR) is 99.4 cm³/mol. The van der Waals surface area contributed by atoms with Crippen LogP contribution in [0.3, 0.4) is 0 Å². The molecule has 0 spiro atoms. The number of nitrogens with zero attached hydrogens (tertiary/aromatic N) is 3. The first-order chi connectivity index (χ1) is 12.2. The van der Waals surface area contributed by atoms with Crippen LogP contribution in [0.5, 0.6) is 0 Å². The van der Waals surface area contributed by atoms with Gasteiger partial charge in [0, 0.05) is 18.8 Å². The average Bonchev–Trinajstić information content (AvgIpc) is 3.25. The number of pyridine rings is 1. The van der Waals surface area contributed by atoms with Gasteiger partial charge in [0.1, 0.15) is 5.65 Å². The van der Waals surface area contributed by atoms with Crippen LogP contribution in [0.15, 0.2) is 60.8 Å². The Hall–Kier alpha value is -2.59. The number of likely N-dealkylation sites (tertiary alicyclic amines) is 1. The molecule has 1 fully saturated rings. The first kappa shape index (κ1) is 15.9. The average molecular weight is 352 g/mol. The van der Waals surface area contributed by atoms with E-state index in [1.807, 2.05) is 51.9 Å². The smallest absolute Gasteiger partial charge is 0.247 e. The van der Waals surface area contributed by atoms with Gasteiger partial charge in [-0.3, -0.25) is 9.20 Å². The lowest BCUT2D eigenvalue weighted by molar-refractivity contribution is -0.126. The number of aromatic nitrogens is 2. The molecule has 1 saturated heterocycles. The van der Waals surface area contributed by atoms with Crippen molar-refractivity contribution in [2.45, 2.75) is 18.9 Å². The third-order valence-electron chi connectivity index (χ3n) is 4.63. The molecule has 0 aliphatic carbocycles. The normalized spacial score (nSPS) is 17.6. The molecule has 4 rings (SSSR count). The van der Waals surface area contributed by atoms with Gasteiger partial charge in [-0.2, -0.15) is 0 Å². The Morgan fingerprint density at radius 2 is 1.96 bits per heavy atom. The number of halogens is 1. The summed E-state index contributed by atoms with van der Waals surface area (Å²) >= 11 is 6.23. The molecule has 4 nitrogen and oxygen atoms in total. The van der Waals surface area contributed by atoms with Crippen molar-refractivity contribution in [3.8, 4) is 0 Å². The highest BCUT2D eigenvalue weighted by atomic mass is 35.5. The molecule has 3 aromatic rings. The fraction of sp³-hybridized carbons (Fsp3) is 0.200. The van der Waals surface area contributed by atoms with Crippen LogP contribution in [0.25, 0.3) is 11.7 Å². The summed E-state index contributed by atoms with van der Waals surface area (Å²) in [5.41, 5.74) is 2.68. The van der Waals surface area contributed by atoms with Crippen molar-refractivity contribution in [2.75, 3.05) is 6.54 Å². The summed E-state index contributed by atoms with van der Waals surface area (Å²) in [5, 5.41) is 0.399. The first-order valence-corrected chi connectivity index (χ1v) is 8.78. The van der Waals surface area contributed by atoms with Gasteiger partial charge in [-0.05, 0) is 36.6 Å². The number of amides is 1. The van der Waals surface area contributed by atoms with Gasteiger partial charge in [-0.1, -0.05) is 48.0 Å². The summed E-state index contributed by atoms with van der Waals surface area (Å²) in [4.78, 5) is 19.0. The van der Waals surface area contributed by atoms with E-state index in [0.717, 1.165) is 30.7 Å². The molecule has 126 valence electrons. The number of carbonyl (C=O) groups is 1. The van der Waals surface area contributed by atoms with Crippen LogP contribution >= 0.6 is 11.6 Å². The number of hydrogen-bond donors (Lipinski definition) is 0. The zero-order valence-corrected chi connectivity index (χ0v) is 14.4. The number of imidazole rings is 1. The second-order valence-corrected chi connectivity index (χ2v) is 6.51. The van der Waals surface area contributed by atoms with Gasteiger partial charge in [-0.15, -0.1) is 0 Å². The van der Waals surface area contributed by atoms with Crippen LogP contribution in [0.2, 0.25) is 5.15 Å². The zero-order chi connectivity index (χ0) is 17.2. The number of benzene rings is 1. The fourth-order valence-corrected chi connectivity index (χ4v) is 3.67. The summed E-state index contributed by atoms with van der Waals surface area (Å²) < 4.78 is 1.88. The number of hydrogen-bond acceptors (Lipinski definition) is 2. The minimum absolute atomic E-state index is 0.00769. The number of rotatable bonds is 3. The highest BCUT2D eigenvalue weighted by molar-refractivity contribution is 6.31. The van der Waals surface area contributed by atoms with Crippen LogP contribution in [0, 0.1) is 0 Å². The van der Waals surface area contributed by atoms with E-state index in [0.29, 0.717) is 5.15 Å². The zero-order valence-electron chi connectivity index (χ0n) is 13.7. The maximum absolute atomic E-state index is 12.7. The Kier molecular flexibility index (Phi) is 4.28. The highest BCUT2D eigenvalue weighted by Gasteiger charge is 2.28. The third kappa shape index (κ3) is 3.05. The molecule has 0 radical (unpaired) electrons. The van der Waals surface area contributed by atoms with Crippen molar-refractivity contribution in [1.82, 2.24) is 14.3 Å². The third-order valence-corrected chi connectivity index (χ3v) is 4.90. The van der Waals surface area contributed by atoms with Gasteiger partial charge >= 0.3 is 0 Å². The maximum atomic E-state index is 12.7. The summed E-state index contributed by atoms with van der Waals surface area (Å²) in [6.45, 7) is 0.781. The predicted octanol–water partition coefficient (Wildman–Crippen LogP) is 4.36. The van der Waals surface area contributed by atoms with Crippen molar-refractivity contribution in [2.24, 2.45) is 0 Å². The maximum Gasteiger partial charge on any atom is 0.247 e. The van der Waals surface area contributed by atoms with Gasteiger partial charge in [0.2, 0.25) is 5.91 Å². The van der Waals surface area contributed by atoms with E-state index in [2.05, 4.69) is 17.1 Å². The quantitative estimate of drug-likeness (QED) is 0.657. The van der Waals surface area contributed by atoms with Crippen molar-refractivity contribution in [3.63, 3.8) is 0 Å². The molecule has 1 amide bonds. The molecule has 1 atom stereocenters. The standard InChI is InChI=1S/C20H18ClN3O/c21-20-17(23-13-5-4-10-18(23)22-20)11-12-19(25)24-14-6-9-16(24)15-7-2-1-3-8-15/h1-5,7-8,10-13,16H,6,9,14H2/b12-11+. The van der Waals surface area contributed by atoms with Gasteiger partial charge in [0.25, 0.3) is 0 Å². The molecule has 1 aromatic carbocycles. The van der Waals surface area contributed by atoms with E-state index in [-0.39, 0.29) is 11.9 Å². The van der Waals surface area contributed by atoms with Crippen molar-refractivity contribution < 1.29 is 4.79 Å². The van der Waals surface area contributed by atoms with E-state index in [1.54, 1.807) is 12.2 Å². The molecule has 25 heavy (non-hydrogen) atoms. The number of fused-ring (bicyclic) bond motifs is 1. The second-order valence-electron chi connectivity index (χ2n) is 6.15. The van der Waals surface area contributed by atoms with Crippen molar-refractivity contribution >= 4 is 29.2 Å². The Morgan fingerprint density at radius 1 is 1.16 bits per heavy atom. The van der Waals surface area contributed by atoms with Crippen LogP contribution < -0.4 is 0 Å². The Bertz CT molecular complexity index is 933. The lowest BCUT2D eigenvalue weighted by Gasteiger charge is -2.23. The molecule has 1 unspecified atom stereocenters. The molecular formula is C20H18ClN3O. The van der Waals surface area contributed by atoms with E-state index >= 15 is 0 Å². The molecule has 1 aliphatic heterocycles. The number of carbonyl (C=O) groups excluding carboxylic acids is 1. The minimum Gasteiger partial charge on any atom is -0.332 e. The van der Waals surface area contributed by atoms with Crippen LogP contribution in [-0.4, -0.2) is 26.7 Å². The fourth-order valence-electron chi connectivity index (χ4n) is 3.43. The van der Waals surface area contributed by atoms with E-state index in [1.165, 1.54) is 5.56 Å². The van der Waals surface area contributed by atoms with Crippen molar-refractivity contribution in [1.29, 1.82) is 0 Å². The Balaban J connectivity index is 1.58. The molecule has 5 heteroatoms. The summed E-state index contributed by atoms with van der Waals surface area (Å²) in [7, 11) is 0. The van der Waals surface area contributed by atoms with E-state index in [4.69, 9.17) is 11.6 Å². The second kappa shape index (κ2) is 6.73. The molecule has 0 saturated carbocycles. The molecule has 0 N–H and O–H groups in total. The Morgan fingerprint density at radius 3 is 2.80 bits per heavy atom. The topological polar surface area (TPSA) is 37.6 Å². The van der Waals surface area contributed by atoms with Gasteiger partial charge < -0.3 is 4.90 Å². The molecule has 2 aromatic heterocycles. The summed E-state index contributed by atoms with van der Waals surface area (Å²) in [6, 6.07) is 16.1. The van der Waals surface area contributed by atoms with E-state index < -0.39 is 0 Å². The molecular weight excluding hydrogens is 334 g/mol. The molecule has 1 aliphatic rings. The molecule has 0 bridgehead atoms. The van der Waals surface area contributed by atoms with Crippen molar-refractivity contribution in [3.05, 3.63) is 77.2 Å². The van der Waals surface area contributed by atoms with Crippen LogP contribution in [0.1, 0.15) is 30.1 Å². The highest BCUT2D eigenvalue weighted by Crippen LogP contribution is 2.32.